The maximum atomic E-state index is 5.55. The monoisotopic (exact) mass is 219 g/mol. The lowest BCUT2D eigenvalue weighted by Crippen LogP contribution is -1.79. The van der Waals surface area contributed by atoms with Crippen molar-refractivity contribution in [1.29, 1.82) is 0 Å². The van der Waals surface area contributed by atoms with Gasteiger partial charge in [-0.1, -0.05) is 42.5 Å². The molecule has 0 bridgehead atoms. The Morgan fingerprint density at radius 2 is 2.07 bits per heavy atom. The number of oxazole rings is 1. The van der Waals surface area contributed by atoms with Crippen molar-refractivity contribution < 1.29 is 4.42 Å². The summed E-state index contributed by atoms with van der Waals surface area (Å²) >= 11 is 5.55. The van der Waals surface area contributed by atoms with Crippen LogP contribution in [0.4, 0.5) is 0 Å². The van der Waals surface area contributed by atoms with Crippen LogP contribution in [-0.2, 0) is 6.42 Å². The van der Waals surface area contributed by atoms with Gasteiger partial charge in [-0.2, -0.15) is 0 Å². The quantitative estimate of drug-likeness (QED) is 0.789. The van der Waals surface area contributed by atoms with Gasteiger partial charge in [-0.05, 0) is 17.2 Å². The Balaban J connectivity index is 1.96. The Hall–Kier alpha value is -1.54. The molecule has 2 aromatic rings. The molecule has 0 radical (unpaired) electrons. The lowest BCUT2D eigenvalue weighted by molar-refractivity contribution is 0.559. The first-order valence-corrected chi connectivity index (χ1v) is 5.04. The van der Waals surface area contributed by atoms with Crippen molar-refractivity contribution >= 4 is 17.7 Å². The molecule has 0 aliphatic heterocycles. The second kappa shape index (κ2) is 4.80. The number of allylic oxidation sites excluding steroid dienone is 1. The Labute approximate surface area is 93.2 Å². The molecule has 0 spiro atoms. The second-order valence-electron chi connectivity index (χ2n) is 3.11. The van der Waals surface area contributed by atoms with Gasteiger partial charge in [-0.3, -0.25) is 0 Å². The number of hydrogen-bond donors (Lipinski definition) is 0. The SMILES string of the molecule is Clc1nc(C/C=C/c2ccccc2)co1. The van der Waals surface area contributed by atoms with Crippen molar-refractivity contribution in [2.45, 2.75) is 6.42 Å². The van der Waals surface area contributed by atoms with Crippen molar-refractivity contribution in [3.8, 4) is 0 Å². The van der Waals surface area contributed by atoms with E-state index in [2.05, 4.69) is 4.98 Å². The number of aromatic nitrogens is 1. The predicted octanol–water partition coefficient (Wildman–Crippen LogP) is 3.58. The van der Waals surface area contributed by atoms with Crippen LogP contribution in [0.15, 0.2) is 47.1 Å². The summed E-state index contributed by atoms with van der Waals surface area (Å²) < 4.78 is 4.89. The van der Waals surface area contributed by atoms with Crippen LogP contribution in [0.1, 0.15) is 11.3 Å². The van der Waals surface area contributed by atoms with E-state index in [-0.39, 0.29) is 5.35 Å². The van der Waals surface area contributed by atoms with Crippen LogP contribution in [0.25, 0.3) is 6.08 Å². The minimum atomic E-state index is 0.193. The van der Waals surface area contributed by atoms with Gasteiger partial charge in [0, 0.05) is 6.42 Å². The zero-order chi connectivity index (χ0) is 10.5. The van der Waals surface area contributed by atoms with Gasteiger partial charge >= 0.3 is 0 Å². The molecule has 76 valence electrons. The molecule has 0 aliphatic rings. The molecule has 1 aromatic heterocycles. The third-order valence-electron chi connectivity index (χ3n) is 1.96. The highest BCUT2D eigenvalue weighted by Crippen LogP contribution is 2.09. The summed E-state index contributed by atoms with van der Waals surface area (Å²) in [7, 11) is 0. The van der Waals surface area contributed by atoms with Crippen LogP contribution in [0.3, 0.4) is 0 Å². The minimum Gasteiger partial charge on any atom is -0.436 e. The first-order valence-electron chi connectivity index (χ1n) is 4.66. The fourth-order valence-electron chi connectivity index (χ4n) is 1.26. The Morgan fingerprint density at radius 3 is 2.73 bits per heavy atom. The molecule has 0 saturated heterocycles. The Kier molecular flexibility index (Phi) is 3.20. The smallest absolute Gasteiger partial charge is 0.292 e. The summed E-state index contributed by atoms with van der Waals surface area (Å²) in [6, 6.07) is 10.1. The molecular formula is C12H10ClNO. The van der Waals surface area contributed by atoms with Crippen LogP contribution >= 0.6 is 11.6 Å². The fraction of sp³-hybridized carbons (Fsp3) is 0.0833. The van der Waals surface area contributed by atoms with E-state index in [4.69, 9.17) is 16.0 Å². The van der Waals surface area contributed by atoms with Crippen LogP contribution in [0, 0.1) is 0 Å². The zero-order valence-corrected chi connectivity index (χ0v) is 8.82. The predicted molar refractivity (Wildman–Crippen MR) is 60.7 cm³/mol. The number of benzene rings is 1. The van der Waals surface area contributed by atoms with Gasteiger partial charge in [0.15, 0.2) is 0 Å². The van der Waals surface area contributed by atoms with Crippen LogP contribution in [0.5, 0.6) is 0 Å². The summed E-state index contributed by atoms with van der Waals surface area (Å²) in [6.45, 7) is 0. The molecule has 0 aliphatic carbocycles. The van der Waals surface area contributed by atoms with Crippen LogP contribution in [0.2, 0.25) is 5.35 Å². The average molecular weight is 220 g/mol. The van der Waals surface area contributed by atoms with Gasteiger partial charge in [0.05, 0.1) is 5.69 Å². The first-order chi connectivity index (χ1) is 7.34. The lowest BCUT2D eigenvalue weighted by Gasteiger charge is -1.90. The van der Waals surface area contributed by atoms with E-state index >= 15 is 0 Å². The van der Waals surface area contributed by atoms with Crippen LogP contribution < -0.4 is 0 Å². The summed E-state index contributed by atoms with van der Waals surface area (Å²) in [5.41, 5.74) is 2.01. The van der Waals surface area contributed by atoms with Crippen molar-refractivity contribution in [1.82, 2.24) is 4.98 Å². The second-order valence-corrected chi connectivity index (χ2v) is 3.43. The molecule has 0 fully saturated rings. The maximum Gasteiger partial charge on any atom is 0.292 e. The number of hydrogen-bond acceptors (Lipinski definition) is 2. The van der Waals surface area contributed by atoms with Gasteiger partial charge in [-0.25, -0.2) is 4.98 Å². The van der Waals surface area contributed by atoms with Crippen molar-refractivity contribution in [2.75, 3.05) is 0 Å². The molecule has 1 aromatic carbocycles. The van der Waals surface area contributed by atoms with E-state index in [9.17, 15) is 0 Å². The van der Waals surface area contributed by atoms with E-state index in [0.29, 0.717) is 0 Å². The molecule has 0 N–H and O–H groups in total. The van der Waals surface area contributed by atoms with E-state index in [1.54, 1.807) is 6.26 Å². The zero-order valence-electron chi connectivity index (χ0n) is 8.06. The van der Waals surface area contributed by atoms with Crippen molar-refractivity contribution in [3.05, 3.63) is 59.3 Å². The molecule has 1 heterocycles. The fourth-order valence-corrected chi connectivity index (χ4v) is 1.41. The number of halogens is 1. The highest BCUT2D eigenvalue weighted by atomic mass is 35.5. The topological polar surface area (TPSA) is 26.0 Å². The standard InChI is InChI=1S/C12H10ClNO/c13-12-14-11(9-15-12)8-4-7-10-5-2-1-3-6-10/h1-7,9H,8H2/b7-4+. The highest BCUT2D eigenvalue weighted by molar-refractivity contribution is 6.27. The third-order valence-corrected chi connectivity index (χ3v) is 2.13. The largest absolute Gasteiger partial charge is 0.436 e. The average Bonchev–Trinajstić information content (AvgIpc) is 2.66. The van der Waals surface area contributed by atoms with Crippen molar-refractivity contribution in [2.24, 2.45) is 0 Å². The van der Waals surface area contributed by atoms with Gasteiger partial charge in [0.25, 0.3) is 5.35 Å². The summed E-state index contributed by atoms with van der Waals surface area (Å²) in [5.74, 6) is 0. The maximum absolute atomic E-state index is 5.55. The minimum absolute atomic E-state index is 0.193. The molecule has 2 nitrogen and oxygen atoms in total. The highest BCUT2D eigenvalue weighted by Gasteiger charge is 1.97. The molecule has 2 rings (SSSR count). The number of nitrogens with zero attached hydrogens (tertiary/aromatic N) is 1. The van der Waals surface area contributed by atoms with Gasteiger partial charge in [0.1, 0.15) is 6.26 Å². The van der Waals surface area contributed by atoms with Crippen LogP contribution in [-0.4, -0.2) is 4.98 Å². The summed E-state index contributed by atoms with van der Waals surface area (Å²) in [6.07, 6.45) is 6.37. The van der Waals surface area contributed by atoms with Gasteiger partial charge in [0.2, 0.25) is 0 Å². The van der Waals surface area contributed by atoms with E-state index in [1.165, 1.54) is 5.56 Å². The third kappa shape index (κ3) is 2.96. The van der Waals surface area contributed by atoms with E-state index in [0.717, 1.165) is 12.1 Å². The number of rotatable bonds is 3. The van der Waals surface area contributed by atoms with Crippen molar-refractivity contribution in [3.63, 3.8) is 0 Å². The Bertz CT molecular complexity index is 448. The van der Waals surface area contributed by atoms with Gasteiger partial charge in [-0.15, -0.1) is 0 Å². The molecule has 0 atom stereocenters. The molecule has 0 saturated carbocycles. The molecule has 0 amide bonds. The lowest BCUT2D eigenvalue weighted by atomic mass is 10.2. The van der Waals surface area contributed by atoms with E-state index < -0.39 is 0 Å². The summed E-state index contributed by atoms with van der Waals surface area (Å²) in [5, 5.41) is 0.193. The molecule has 0 unspecified atom stereocenters. The van der Waals surface area contributed by atoms with E-state index in [1.807, 2.05) is 42.5 Å². The molecule has 3 heteroatoms. The Morgan fingerprint density at radius 1 is 1.27 bits per heavy atom. The first kappa shape index (κ1) is 9.99. The van der Waals surface area contributed by atoms with Gasteiger partial charge < -0.3 is 4.42 Å². The normalized spacial score (nSPS) is 11.0. The molecular weight excluding hydrogens is 210 g/mol. The summed E-state index contributed by atoms with van der Waals surface area (Å²) in [4.78, 5) is 3.99. The molecule has 15 heavy (non-hydrogen) atoms.